The Morgan fingerprint density at radius 2 is 2.13 bits per heavy atom. The molecule has 2 aromatic heterocycles. The average Bonchev–Trinajstić information content (AvgIpc) is 3.14. The summed E-state index contributed by atoms with van der Waals surface area (Å²) in [6.07, 6.45) is 0. The van der Waals surface area contributed by atoms with Crippen LogP contribution < -0.4 is 0 Å². The lowest BCUT2D eigenvalue weighted by Gasteiger charge is -2.02. The summed E-state index contributed by atoms with van der Waals surface area (Å²) in [7, 11) is 1.33. The SMILES string of the molecule is COC(=O)Cn1nc(C)cc1-c1nc(-c2cccc(C)c2)no1. The van der Waals surface area contributed by atoms with Gasteiger partial charge in [0.1, 0.15) is 12.2 Å². The number of esters is 1. The normalized spacial score (nSPS) is 10.7. The number of ether oxygens (including phenoxy) is 1. The highest BCUT2D eigenvalue weighted by Crippen LogP contribution is 2.23. The van der Waals surface area contributed by atoms with E-state index in [0.29, 0.717) is 17.4 Å². The predicted octanol–water partition coefficient (Wildman–Crippen LogP) is 2.39. The van der Waals surface area contributed by atoms with Crippen molar-refractivity contribution in [3.05, 3.63) is 41.6 Å². The summed E-state index contributed by atoms with van der Waals surface area (Å²) in [5, 5.41) is 8.27. The number of rotatable bonds is 4. The number of benzene rings is 1. The number of methoxy groups -OCH3 is 1. The van der Waals surface area contributed by atoms with Gasteiger partial charge in [-0.2, -0.15) is 10.1 Å². The van der Waals surface area contributed by atoms with Crippen LogP contribution in [0.1, 0.15) is 11.3 Å². The summed E-state index contributed by atoms with van der Waals surface area (Å²) in [4.78, 5) is 15.9. The van der Waals surface area contributed by atoms with Crippen LogP contribution in [0.3, 0.4) is 0 Å². The van der Waals surface area contributed by atoms with Crippen LogP contribution in [0, 0.1) is 13.8 Å². The molecule has 0 spiro atoms. The molecule has 118 valence electrons. The highest BCUT2D eigenvalue weighted by atomic mass is 16.5. The minimum atomic E-state index is -0.396. The topological polar surface area (TPSA) is 83.0 Å². The standard InChI is InChI=1S/C16H16N4O3/c1-10-5-4-6-12(7-10)15-17-16(23-19-15)13-8-11(2)18-20(13)9-14(21)22-3/h4-8H,9H2,1-3H3. The molecule has 0 aliphatic rings. The molecule has 0 fully saturated rings. The van der Waals surface area contributed by atoms with Crippen molar-refractivity contribution in [1.82, 2.24) is 19.9 Å². The zero-order chi connectivity index (χ0) is 16.4. The van der Waals surface area contributed by atoms with Crippen molar-refractivity contribution >= 4 is 5.97 Å². The van der Waals surface area contributed by atoms with Crippen molar-refractivity contribution in [3.63, 3.8) is 0 Å². The summed E-state index contributed by atoms with van der Waals surface area (Å²) < 4.78 is 11.5. The molecule has 0 radical (unpaired) electrons. The Balaban J connectivity index is 1.96. The fourth-order valence-electron chi connectivity index (χ4n) is 2.25. The van der Waals surface area contributed by atoms with Gasteiger partial charge in [-0.05, 0) is 26.0 Å². The fourth-order valence-corrected chi connectivity index (χ4v) is 2.25. The van der Waals surface area contributed by atoms with E-state index in [-0.39, 0.29) is 6.54 Å². The van der Waals surface area contributed by atoms with Crippen LogP contribution in [0.5, 0.6) is 0 Å². The van der Waals surface area contributed by atoms with E-state index in [2.05, 4.69) is 20.0 Å². The van der Waals surface area contributed by atoms with Gasteiger partial charge in [-0.3, -0.25) is 4.79 Å². The second kappa shape index (κ2) is 6.04. The molecule has 1 aromatic carbocycles. The summed E-state index contributed by atoms with van der Waals surface area (Å²) in [6, 6.07) is 9.62. The van der Waals surface area contributed by atoms with Crippen molar-refractivity contribution in [2.45, 2.75) is 20.4 Å². The van der Waals surface area contributed by atoms with Gasteiger partial charge in [-0.1, -0.05) is 28.9 Å². The number of carbonyl (C=O) groups excluding carboxylic acids is 1. The Hall–Kier alpha value is -2.96. The fraction of sp³-hybridized carbons (Fsp3) is 0.250. The summed E-state index contributed by atoms with van der Waals surface area (Å²) in [5.74, 6) is 0.408. The van der Waals surface area contributed by atoms with Crippen LogP contribution in [0.4, 0.5) is 0 Å². The largest absolute Gasteiger partial charge is 0.468 e. The number of nitrogens with zero attached hydrogens (tertiary/aromatic N) is 4. The predicted molar refractivity (Wildman–Crippen MR) is 82.4 cm³/mol. The Bertz CT molecular complexity index is 851. The highest BCUT2D eigenvalue weighted by Gasteiger charge is 2.18. The van der Waals surface area contributed by atoms with E-state index in [4.69, 9.17) is 4.52 Å². The Morgan fingerprint density at radius 3 is 2.87 bits per heavy atom. The lowest BCUT2D eigenvalue weighted by molar-refractivity contribution is -0.141. The lowest BCUT2D eigenvalue weighted by atomic mass is 10.1. The van der Waals surface area contributed by atoms with Crippen LogP contribution in [0.25, 0.3) is 23.0 Å². The molecule has 0 aliphatic carbocycles. The molecule has 0 saturated carbocycles. The monoisotopic (exact) mass is 312 g/mol. The third-order valence-corrected chi connectivity index (χ3v) is 3.33. The molecule has 0 atom stereocenters. The molecule has 3 aromatic rings. The molecule has 23 heavy (non-hydrogen) atoms. The first-order valence-corrected chi connectivity index (χ1v) is 7.09. The van der Waals surface area contributed by atoms with Crippen molar-refractivity contribution in [3.8, 4) is 23.0 Å². The van der Waals surface area contributed by atoms with Gasteiger partial charge in [0.15, 0.2) is 0 Å². The number of aryl methyl sites for hydroxylation is 2. The number of hydrogen-bond acceptors (Lipinski definition) is 6. The zero-order valence-corrected chi connectivity index (χ0v) is 13.1. The van der Waals surface area contributed by atoms with Crippen molar-refractivity contribution < 1.29 is 14.1 Å². The van der Waals surface area contributed by atoms with E-state index < -0.39 is 5.97 Å². The number of aromatic nitrogens is 4. The van der Waals surface area contributed by atoms with E-state index in [1.54, 1.807) is 6.07 Å². The van der Waals surface area contributed by atoms with E-state index in [1.807, 2.05) is 38.1 Å². The smallest absolute Gasteiger partial charge is 0.327 e. The molecule has 0 unspecified atom stereocenters. The molecule has 0 N–H and O–H groups in total. The second-order valence-corrected chi connectivity index (χ2v) is 5.20. The van der Waals surface area contributed by atoms with Crippen LogP contribution in [-0.4, -0.2) is 33.0 Å². The highest BCUT2D eigenvalue weighted by molar-refractivity contribution is 5.70. The summed E-state index contributed by atoms with van der Waals surface area (Å²) >= 11 is 0. The minimum absolute atomic E-state index is 0.0121. The minimum Gasteiger partial charge on any atom is -0.468 e. The number of carbonyl (C=O) groups is 1. The first kappa shape index (κ1) is 15.0. The Kier molecular flexibility index (Phi) is 3.92. The number of hydrogen-bond donors (Lipinski definition) is 0. The second-order valence-electron chi connectivity index (χ2n) is 5.20. The zero-order valence-electron chi connectivity index (χ0n) is 13.1. The van der Waals surface area contributed by atoms with Crippen LogP contribution in [0.15, 0.2) is 34.9 Å². The molecule has 2 heterocycles. The molecule has 7 heteroatoms. The molecule has 0 saturated heterocycles. The Morgan fingerprint density at radius 1 is 1.30 bits per heavy atom. The van der Waals surface area contributed by atoms with Crippen LogP contribution >= 0.6 is 0 Å². The van der Waals surface area contributed by atoms with Crippen molar-refractivity contribution in [1.29, 1.82) is 0 Å². The van der Waals surface area contributed by atoms with Gasteiger partial charge in [-0.15, -0.1) is 0 Å². The van der Waals surface area contributed by atoms with Gasteiger partial charge < -0.3 is 9.26 Å². The van der Waals surface area contributed by atoms with Gasteiger partial charge in [-0.25, -0.2) is 4.68 Å². The molecule has 7 nitrogen and oxygen atoms in total. The van der Waals surface area contributed by atoms with Gasteiger partial charge in [0, 0.05) is 5.56 Å². The first-order chi connectivity index (χ1) is 11.1. The molecular weight excluding hydrogens is 296 g/mol. The summed E-state index contributed by atoms with van der Waals surface area (Å²) in [6.45, 7) is 3.82. The molecule has 0 amide bonds. The van der Waals surface area contributed by atoms with E-state index in [1.165, 1.54) is 11.8 Å². The quantitative estimate of drug-likeness (QED) is 0.688. The van der Waals surface area contributed by atoms with Gasteiger partial charge >= 0.3 is 5.97 Å². The maximum absolute atomic E-state index is 11.5. The summed E-state index contributed by atoms with van der Waals surface area (Å²) in [5.41, 5.74) is 3.31. The maximum Gasteiger partial charge on any atom is 0.327 e. The van der Waals surface area contributed by atoms with E-state index in [9.17, 15) is 4.79 Å². The van der Waals surface area contributed by atoms with Gasteiger partial charge in [0.05, 0.1) is 12.8 Å². The van der Waals surface area contributed by atoms with Gasteiger partial charge in [0.2, 0.25) is 5.82 Å². The average molecular weight is 312 g/mol. The van der Waals surface area contributed by atoms with E-state index in [0.717, 1.165) is 16.8 Å². The van der Waals surface area contributed by atoms with Crippen LogP contribution in [0.2, 0.25) is 0 Å². The third-order valence-electron chi connectivity index (χ3n) is 3.33. The van der Waals surface area contributed by atoms with Crippen molar-refractivity contribution in [2.75, 3.05) is 7.11 Å². The first-order valence-electron chi connectivity index (χ1n) is 7.09. The lowest BCUT2D eigenvalue weighted by Crippen LogP contribution is -2.13. The van der Waals surface area contributed by atoms with Crippen LogP contribution in [-0.2, 0) is 16.1 Å². The van der Waals surface area contributed by atoms with E-state index >= 15 is 0 Å². The van der Waals surface area contributed by atoms with Crippen molar-refractivity contribution in [2.24, 2.45) is 0 Å². The molecular formula is C16H16N4O3. The Labute approximate surface area is 132 Å². The molecule has 0 bridgehead atoms. The maximum atomic E-state index is 11.5. The third kappa shape index (κ3) is 3.13. The van der Waals surface area contributed by atoms with Gasteiger partial charge in [0.25, 0.3) is 5.89 Å². The molecule has 0 aliphatic heterocycles. The molecule has 3 rings (SSSR count).